The second-order valence-corrected chi connectivity index (χ2v) is 5.29. The molecule has 0 saturated carbocycles. The molecule has 21 heavy (non-hydrogen) atoms. The summed E-state index contributed by atoms with van der Waals surface area (Å²) in [5.41, 5.74) is 3.37. The highest BCUT2D eigenvalue weighted by Crippen LogP contribution is 2.24. The fourth-order valence-corrected chi connectivity index (χ4v) is 2.48. The fourth-order valence-electron chi connectivity index (χ4n) is 2.31. The SMILES string of the molecule is Cc1c(C(=O)NCc2ccncc2)[nH]c2cc(Cl)ccc12. The number of aromatic nitrogens is 2. The van der Waals surface area contributed by atoms with E-state index in [9.17, 15) is 4.79 Å². The normalized spacial score (nSPS) is 10.8. The third kappa shape index (κ3) is 2.76. The highest BCUT2D eigenvalue weighted by molar-refractivity contribution is 6.31. The maximum atomic E-state index is 12.3. The Kier molecular flexibility index (Phi) is 3.62. The number of aromatic amines is 1. The molecule has 0 unspecified atom stereocenters. The van der Waals surface area contributed by atoms with Crippen molar-refractivity contribution < 1.29 is 4.79 Å². The first kappa shape index (κ1) is 13.6. The first-order chi connectivity index (χ1) is 10.1. The van der Waals surface area contributed by atoms with Gasteiger partial charge in [0.1, 0.15) is 5.69 Å². The lowest BCUT2D eigenvalue weighted by molar-refractivity contribution is 0.0946. The number of hydrogen-bond donors (Lipinski definition) is 2. The molecule has 3 rings (SSSR count). The molecule has 3 aromatic rings. The number of hydrogen-bond acceptors (Lipinski definition) is 2. The number of carbonyl (C=O) groups excluding carboxylic acids is 1. The number of amides is 1. The Morgan fingerprint density at radius 1 is 1.29 bits per heavy atom. The first-order valence-electron chi connectivity index (χ1n) is 6.60. The van der Waals surface area contributed by atoms with E-state index in [0.29, 0.717) is 17.3 Å². The Bertz CT molecular complexity index is 796. The minimum atomic E-state index is -0.128. The molecule has 1 aromatic carbocycles. The van der Waals surface area contributed by atoms with Crippen LogP contribution in [0, 0.1) is 6.92 Å². The molecule has 1 amide bonds. The topological polar surface area (TPSA) is 57.8 Å². The van der Waals surface area contributed by atoms with Gasteiger partial charge in [0.15, 0.2) is 0 Å². The van der Waals surface area contributed by atoms with E-state index in [2.05, 4.69) is 15.3 Å². The molecule has 0 radical (unpaired) electrons. The quantitative estimate of drug-likeness (QED) is 0.778. The standard InChI is InChI=1S/C16H14ClN3O/c1-10-13-3-2-12(17)8-14(13)20-15(10)16(21)19-9-11-4-6-18-7-5-11/h2-8,20H,9H2,1H3,(H,19,21). The number of nitrogens with zero attached hydrogens (tertiary/aromatic N) is 1. The largest absolute Gasteiger partial charge is 0.350 e. The van der Waals surface area contributed by atoms with Crippen LogP contribution in [0.1, 0.15) is 21.6 Å². The molecular formula is C16H14ClN3O. The summed E-state index contributed by atoms with van der Waals surface area (Å²) in [5, 5.41) is 4.55. The Labute approximate surface area is 127 Å². The summed E-state index contributed by atoms with van der Waals surface area (Å²) in [6.07, 6.45) is 3.41. The number of aryl methyl sites for hydroxylation is 1. The van der Waals surface area contributed by atoms with Gasteiger partial charge in [-0.3, -0.25) is 9.78 Å². The summed E-state index contributed by atoms with van der Waals surface area (Å²) in [4.78, 5) is 19.4. The molecule has 2 aromatic heterocycles. The molecule has 106 valence electrons. The molecule has 5 heteroatoms. The molecule has 0 aliphatic carbocycles. The van der Waals surface area contributed by atoms with Crippen LogP contribution in [0.2, 0.25) is 5.02 Å². The molecule has 0 aliphatic rings. The third-order valence-corrected chi connectivity index (χ3v) is 3.68. The Hall–Kier alpha value is -2.33. The van der Waals surface area contributed by atoms with Crippen molar-refractivity contribution in [2.24, 2.45) is 0 Å². The highest BCUT2D eigenvalue weighted by atomic mass is 35.5. The summed E-state index contributed by atoms with van der Waals surface area (Å²) in [6.45, 7) is 2.39. The summed E-state index contributed by atoms with van der Waals surface area (Å²) in [7, 11) is 0. The molecule has 2 N–H and O–H groups in total. The minimum absolute atomic E-state index is 0.128. The fraction of sp³-hybridized carbons (Fsp3) is 0.125. The Balaban J connectivity index is 1.83. The molecule has 0 aliphatic heterocycles. The number of H-pyrrole nitrogens is 1. The summed E-state index contributed by atoms with van der Waals surface area (Å²) in [6, 6.07) is 9.31. The molecule has 0 atom stereocenters. The summed E-state index contributed by atoms with van der Waals surface area (Å²) in [5.74, 6) is -0.128. The van der Waals surface area contributed by atoms with Crippen molar-refractivity contribution in [2.45, 2.75) is 13.5 Å². The average Bonchev–Trinajstić information content (AvgIpc) is 2.82. The van der Waals surface area contributed by atoms with E-state index >= 15 is 0 Å². The number of nitrogens with one attached hydrogen (secondary N) is 2. The first-order valence-corrected chi connectivity index (χ1v) is 6.98. The molecule has 0 spiro atoms. The van der Waals surface area contributed by atoms with Crippen LogP contribution in [0.25, 0.3) is 10.9 Å². The van der Waals surface area contributed by atoms with Gasteiger partial charge in [0.25, 0.3) is 5.91 Å². The number of pyridine rings is 1. The van der Waals surface area contributed by atoms with Gasteiger partial charge in [-0.05, 0) is 42.3 Å². The van der Waals surface area contributed by atoms with E-state index in [1.807, 2.05) is 37.3 Å². The molecule has 2 heterocycles. The van der Waals surface area contributed by atoms with Gasteiger partial charge in [0, 0.05) is 34.9 Å². The molecule has 4 nitrogen and oxygen atoms in total. The smallest absolute Gasteiger partial charge is 0.268 e. The maximum Gasteiger partial charge on any atom is 0.268 e. The van der Waals surface area contributed by atoms with Gasteiger partial charge in [0.05, 0.1) is 0 Å². The van der Waals surface area contributed by atoms with E-state index in [0.717, 1.165) is 22.0 Å². The van der Waals surface area contributed by atoms with Crippen LogP contribution < -0.4 is 5.32 Å². The van der Waals surface area contributed by atoms with Crippen molar-refractivity contribution in [1.29, 1.82) is 0 Å². The third-order valence-electron chi connectivity index (χ3n) is 3.45. The zero-order valence-electron chi connectivity index (χ0n) is 11.5. The second-order valence-electron chi connectivity index (χ2n) is 4.85. The summed E-state index contributed by atoms with van der Waals surface area (Å²) >= 11 is 5.97. The lowest BCUT2D eigenvalue weighted by Crippen LogP contribution is -2.23. The van der Waals surface area contributed by atoms with Crippen LogP contribution in [0.3, 0.4) is 0 Å². The minimum Gasteiger partial charge on any atom is -0.350 e. The van der Waals surface area contributed by atoms with E-state index in [1.54, 1.807) is 12.4 Å². The number of carbonyl (C=O) groups is 1. The Morgan fingerprint density at radius 3 is 2.81 bits per heavy atom. The van der Waals surface area contributed by atoms with E-state index in [-0.39, 0.29) is 5.91 Å². The van der Waals surface area contributed by atoms with E-state index < -0.39 is 0 Å². The van der Waals surface area contributed by atoms with Crippen LogP contribution in [-0.4, -0.2) is 15.9 Å². The van der Waals surface area contributed by atoms with Gasteiger partial charge in [-0.25, -0.2) is 0 Å². The van der Waals surface area contributed by atoms with Crippen LogP contribution in [0.15, 0.2) is 42.7 Å². The van der Waals surface area contributed by atoms with Crippen molar-refractivity contribution in [3.8, 4) is 0 Å². The van der Waals surface area contributed by atoms with Gasteiger partial charge in [-0.2, -0.15) is 0 Å². The zero-order valence-corrected chi connectivity index (χ0v) is 12.2. The zero-order chi connectivity index (χ0) is 14.8. The monoisotopic (exact) mass is 299 g/mol. The van der Waals surface area contributed by atoms with Crippen LogP contribution in [0.5, 0.6) is 0 Å². The predicted molar refractivity (Wildman–Crippen MR) is 83.5 cm³/mol. The second kappa shape index (κ2) is 5.58. The van der Waals surface area contributed by atoms with Crippen molar-refractivity contribution in [2.75, 3.05) is 0 Å². The van der Waals surface area contributed by atoms with Gasteiger partial charge >= 0.3 is 0 Å². The maximum absolute atomic E-state index is 12.3. The predicted octanol–water partition coefficient (Wildman–Crippen LogP) is 3.45. The van der Waals surface area contributed by atoms with Gasteiger partial charge in [-0.1, -0.05) is 17.7 Å². The summed E-state index contributed by atoms with van der Waals surface area (Å²) < 4.78 is 0. The lowest BCUT2D eigenvalue weighted by atomic mass is 10.1. The number of halogens is 1. The van der Waals surface area contributed by atoms with E-state index in [1.165, 1.54) is 0 Å². The van der Waals surface area contributed by atoms with Crippen molar-refractivity contribution in [3.05, 3.63) is 64.6 Å². The number of benzene rings is 1. The molecule has 0 saturated heterocycles. The van der Waals surface area contributed by atoms with Gasteiger partial charge < -0.3 is 10.3 Å². The van der Waals surface area contributed by atoms with Gasteiger partial charge in [-0.15, -0.1) is 0 Å². The highest BCUT2D eigenvalue weighted by Gasteiger charge is 2.14. The van der Waals surface area contributed by atoms with Crippen molar-refractivity contribution in [1.82, 2.24) is 15.3 Å². The van der Waals surface area contributed by atoms with Crippen LogP contribution in [-0.2, 0) is 6.54 Å². The molecule has 0 bridgehead atoms. The number of rotatable bonds is 3. The van der Waals surface area contributed by atoms with Crippen LogP contribution >= 0.6 is 11.6 Å². The van der Waals surface area contributed by atoms with Crippen LogP contribution in [0.4, 0.5) is 0 Å². The van der Waals surface area contributed by atoms with Gasteiger partial charge in [0.2, 0.25) is 0 Å². The average molecular weight is 300 g/mol. The van der Waals surface area contributed by atoms with E-state index in [4.69, 9.17) is 11.6 Å². The molecular weight excluding hydrogens is 286 g/mol. The van der Waals surface area contributed by atoms with Crippen molar-refractivity contribution >= 4 is 28.4 Å². The number of fused-ring (bicyclic) bond motifs is 1. The lowest BCUT2D eigenvalue weighted by Gasteiger charge is -2.04. The van der Waals surface area contributed by atoms with Crippen molar-refractivity contribution in [3.63, 3.8) is 0 Å². The Morgan fingerprint density at radius 2 is 2.05 bits per heavy atom. The molecule has 0 fully saturated rings.